The van der Waals surface area contributed by atoms with Crippen molar-refractivity contribution < 1.29 is 9.90 Å². The molecule has 3 nitrogen and oxygen atoms in total. The van der Waals surface area contributed by atoms with Crippen molar-refractivity contribution in [2.24, 2.45) is 0 Å². The van der Waals surface area contributed by atoms with Gasteiger partial charge in [-0.3, -0.25) is 4.79 Å². The predicted octanol–water partition coefficient (Wildman–Crippen LogP) is 2.24. The van der Waals surface area contributed by atoms with Crippen LogP contribution in [-0.2, 0) is 10.2 Å². The van der Waals surface area contributed by atoms with E-state index >= 15 is 0 Å². The molecule has 0 aromatic carbocycles. The van der Waals surface area contributed by atoms with Crippen molar-refractivity contribution in [2.75, 3.05) is 0 Å². The lowest BCUT2D eigenvalue weighted by Crippen LogP contribution is -2.42. The summed E-state index contributed by atoms with van der Waals surface area (Å²) in [6.45, 7) is 0. The van der Waals surface area contributed by atoms with E-state index in [4.69, 9.17) is 11.6 Å². The maximum Gasteiger partial charge on any atom is 0.314 e. The van der Waals surface area contributed by atoms with Crippen molar-refractivity contribution in [2.45, 2.75) is 24.7 Å². The van der Waals surface area contributed by atoms with Crippen molar-refractivity contribution in [1.29, 1.82) is 0 Å². The minimum Gasteiger partial charge on any atom is -0.481 e. The number of halogens is 1. The highest BCUT2D eigenvalue weighted by atomic mass is 35.5. The van der Waals surface area contributed by atoms with Gasteiger partial charge in [0.1, 0.15) is 5.15 Å². The third-order valence-corrected chi connectivity index (χ3v) is 3.19. The quantitative estimate of drug-likeness (QED) is 0.764. The second kappa shape index (κ2) is 3.24. The number of carbonyl (C=O) groups is 1. The Morgan fingerprint density at radius 3 is 2.71 bits per heavy atom. The highest BCUT2D eigenvalue weighted by molar-refractivity contribution is 6.30. The lowest BCUT2D eigenvalue weighted by Gasteiger charge is -2.38. The minimum absolute atomic E-state index is 0.314. The van der Waals surface area contributed by atoms with Gasteiger partial charge in [-0.25, -0.2) is 4.98 Å². The molecular formula is C10H10ClNO2. The van der Waals surface area contributed by atoms with E-state index in [2.05, 4.69) is 4.98 Å². The van der Waals surface area contributed by atoms with E-state index < -0.39 is 11.4 Å². The lowest BCUT2D eigenvalue weighted by atomic mass is 9.65. The normalized spacial score (nSPS) is 18.6. The molecular weight excluding hydrogens is 202 g/mol. The van der Waals surface area contributed by atoms with Gasteiger partial charge in [-0.15, -0.1) is 0 Å². The van der Waals surface area contributed by atoms with E-state index in [9.17, 15) is 9.90 Å². The molecule has 1 saturated carbocycles. The predicted molar refractivity (Wildman–Crippen MR) is 52.4 cm³/mol. The lowest BCUT2D eigenvalue weighted by molar-refractivity contribution is -0.147. The maximum atomic E-state index is 11.2. The standard InChI is InChI=1S/C10H10ClNO2/c11-8-7(3-1-6-12-8)10(9(13)14)4-2-5-10/h1,3,6H,2,4-5H2,(H,13,14). The fourth-order valence-electron chi connectivity index (χ4n) is 1.87. The van der Waals surface area contributed by atoms with E-state index in [1.54, 1.807) is 18.3 Å². The molecule has 0 amide bonds. The summed E-state index contributed by atoms with van der Waals surface area (Å²) in [5, 5.41) is 9.49. The van der Waals surface area contributed by atoms with Crippen LogP contribution in [0.3, 0.4) is 0 Å². The molecule has 74 valence electrons. The molecule has 1 aliphatic rings. The van der Waals surface area contributed by atoms with Gasteiger partial charge in [0.05, 0.1) is 5.41 Å². The summed E-state index contributed by atoms with van der Waals surface area (Å²) >= 11 is 5.89. The van der Waals surface area contributed by atoms with Gasteiger partial charge < -0.3 is 5.11 Å². The number of rotatable bonds is 2. The van der Waals surface area contributed by atoms with Gasteiger partial charge in [-0.2, -0.15) is 0 Å². The number of nitrogens with zero attached hydrogens (tertiary/aromatic N) is 1. The molecule has 14 heavy (non-hydrogen) atoms. The van der Waals surface area contributed by atoms with Crippen molar-refractivity contribution in [3.8, 4) is 0 Å². The summed E-state index contributed by atoms with van der Waals surface area (Å²) in [7, 11) is 0. The van der Waals surface area contributed by atoms with Crippen LogP contribution in [0.25, 0.3) is 0 Å². The van der Waals surface area contributed by atoms with E-state index in [-0.39, 0.29) is 0 Å². The van der Waals surface area contributed by atoms with Crippen LogP contribution in [0.4, 0.5) is 0 Å². The number of aromatic nitrogens is 1. The van der Waals surface area contributed by atoms with E-state index in [1.165, 1.54) is 0 Å². The van der Waals surface area contributed by atoms with E-state index in [0.717, 1.165) is 6.42 Å². The van der Waals surface area contributed by atoms with Gasteiger partial charge in [-0.05, 0) is 18.9 Å². The molecule has 1 aliphatic carbocycles. The van der Waals surface area contributed by atoms with Crippen LogP contribution >= 0.6 is 11.6 Å². The summed E-state index contributed by atoms with van der Waals surface area (Å²) in [6.07, 6.45) is 3.83. The highest BCUT2D eigenvalue weighted by Crippen LogP contribution is 2.45. The van der Waals surface area contributed by atoms with Gasteiger partial charge in [0.2, 0.25) is 0 Å². The minimum atomic E-state index is -0.793. The molecule has 1 N–H and O–H groups in total. The fourth-order valence-corrected chi connectivity index (χ4v) is 2.17. The summed E-state index contributed by atoms with van der Waals surface area (Å²) in [4.78, 5) is 15.1. The number of hydrogen-bond donors (Lipinski definition) is 1. The largest absolute Gasteiger partial charge is 0.481 e. The number of aliphatic carboxylic acids is 1. The van der Waals surface area contributed by atoms with Gasteiger partial charge in [-0.1, -0.05) is 24.1 Å². The molecule has 1 fully saturated rings. The zero-order valence-electron chi connectivity index (χ0n) is 7.53. The zero-order chi connectivity index (χ0) is 10.2. The van der Waals surface area contributed by atoms with Gasteiger partial charge in [0.15, 0.2) is 0 Å². The number of carboxylic acids is 1. The first-order valence-electron chi connectivity index (χ1n) is 4.51. The van der Waals surface area contributed by atoms with Crippen molar-refractivity contribution in [3.05, 3.63) is 29.0 Å². The summed E-state index contributed by atoms with van der Waals surface area (Å²) < 4.78 is 0. The van der Waals surface area contributed by atoms with Crippen LogP contribution in [0.15, 0.2) is 18.3 Å². The first kappa shape index (κ1) is 9.46. The highest BCUT2D eigenvalue weighted by Gasteiger charge is 2.47. The summed E-state index contributed by atoms with van der Waals surface area (Å²) in [6, 6.07) is 3.48. The molecule has 1 aromatic rings. The average molecular weight is 212 g/mol. The first-order chi connectivity index (χ1) is 6.67. The molecule has 0 aliphatic heterocycles. The zero-order valence-corrected chi connectivity index (χ0v) is 8.29. The fraction of sp³-hybridized carbons (Fsp3) is 0.400. The Morgan fingerprint density at radius 1 is 1.57 bits per heavy atom. The van der Waals surface area contributed by atoms with E-state index in [1.807, 2.05) is 0 Å². The first-order valence-corrected chi connectivity index (χ1v) is 4.89. The molecule has 1 aromatic heterocycles. The van der Waals surface area contributed by atoms with Crippen LogP contribution in [-0.4, -0.2) is 16.1 Å². The van der Waals surface area contributed by atoms with Gasteiger partial charge in [0.25, 0.3) is 0 Å². The van der Waals surface area contributed by atoms with Crippen LogP contribution in [0.5, 0.6) is 0 Å². The molecule has 0 unspecified atom stereocenters. The average Bonchev–Trinajstić information content (AvgIpc) is 2.05. The topological polar surface area (TPSA) is 50.2 Å². The Hall–Kier alpha value is -1.09. The Kier molecular flexibility index (Phi) is 2.19. The molecule has 0 saturated heterocycles. The summed E-state index contributed by atoms with van der Waals surface area (Å²) in [5.41, 5.74) is -0.119. The molecule has 0 spiro atoms. The second-order valence-corrected chi connectivity index (χ2v) is 3.94. The third-order valence-electron chi connectivity index (χ3n) is 2.89. The summed E-state index contributed by atoms with van der Waals surface area (Å²) in [5.74, 6) is -0.793. The van der Waals surface area contributed by atoms with Crippen LogP contribution < -0.4 is 0 Å². The van der Waals surface area contributed by atoms with Crippen LogP contribution in [0.2, 0.25) is 5.15 Å². The van der Waals surface area contributed by atoms with E-state index in [0.29, 0.717) is 23.6 Å². The van der Waals surface area contributed by atoms with Gasteiger partial charge >= 0.3 is 5.97 Å². The Bertz CT molecular complexity index is 374. The van der Waals surface area contributed by atoms with Crippen molar-refractivity contribution in [1.82, 2.24) is 4.98 Å². The molecule has 1 heterocycles. The van der Waals surface area contributed by atoms with Crippen LogP contribution in [0, 0.1) is 0 Å². The van der Waals surface area contributed by atoms with Crippen molar-refractivity contribution >= 4 is 17.6 Å². The Morgan fingerprint density at radius 2 is 2.29 bits per heavy atom. The number of carboxylic acid groups (broad SMARTS) is 1. The Labute approximate surface area is 86.7 Å². The maximum absolute atomic E-state index is 11.2. The number of pyridine rings is 1. The third kappa shape index (κ3) is 1.20. The van der Waals surface area contributed by atoms with Crippen LogP contribution in [0.1, 0.15) is 24.8 Å². The van der Waals surface area contributed by atoms with Gasteiger partial charge in [0, 0.05) is 11.8 Å². The molecule has 4 heteroatoms. The SMILES string of the molecule is O=C(O)C1(c2cccnc2Cl)CCC1. The Balaban J connectivity index is 2.47. The molecule has 0 radical (unpaired) electrons. The second-order valence-electron chi connectivity index (χ2n) is 3.58. The van der Waals surface area contributed by atoms with Crippen molar-refractivity contribution in [3.63, 3.8) is 0 Å². The smallest absolute Gasteiger partial charge is 0.314 e. The molecule has 2 rings (SSSR count). The monoisotopic (exact) mass is 211 g/mol. The molecule has 0 bridgehead atoms. The number of hydrogen-bond acceptors (Lipinski definition) is 2. The molecule has 0 atom stereocenters.